The number of rotatable bonds is 6. The van der Waals surface area contributed by atoms with Crippen LogP contribution in [0.3, 0.4) is 0 Å². The molecule has 1 aromatic carbocycles. The molecular weight excluding hydrogens is 288 g/mol. The van der Waals surface area contributed by atoms with Gasteiger partial charge in [-0.05, 0) is 58.8 Å². The van der Waals surface area contributed by atoms with Crippen molar-refractivity contribution in [2.24, 2.45) is 5.92 Å². The molecule has 1 unspecified atom stereocenters. The number of nitrogens with zero attached hydrogens (tertiary/aromatic N) is 3. The van der Waals surface area contributed by atoms with E-state index >= 15 is 0 Å². The summed E-state index contributed by atoms with van der Waals surface area (Å²) in [5.41, 5.74) is 1.00. The molecule has 1 saturated heterocycles. The molecule has 3 rings (SSSR count). The number of piperidine rings is 1. The molecule has 23 heavy (non-hydrogen) atoms. The number of hydrogen-bond acceptors (Lipinski definition) is 5. The van der Waals surface area contributed by atoms with Crippen LogP contribution in [0.15, 0.2) is 34.9 Å². The molecule has 1 N–H and O–H groups in total. The summed E-state index contributed by atoms with van der Waals surface area (Å²) in [5, 5.41) is 7.38. The SMILES string of the molecule is CNCCC1CCN(C(C)c2nc(-c3ccccc3)no2)CC1. The lowest BCUT2D eigenvalue weighted by molar-refractivity contribution is 0.117. The molecule has 1 aliphatic heterocycles. The lowest BCUT2D eigenvalue weighted by Crippen LogP contribution is -2.36. The van der Waals surface area contributed by atoms with Crippen LogP contribution in [-0.4, -0.2) is 41.7 Å². The van der Waals surface area contributed by atoms with Crippen LogP contribution >= 0.6 is 0 Å². The molecule has 5 heteroatoms. The van der Waals surface area contributed by atoms with E-state index in [1.165, 1.54) is 19.3 Å². The van der Waals surface area contributed by atoms with Gasteiger partial charge in [0.15, 0.2) is 0 Å². The zero-order chi connectivity index (χ0) is 16.1. The van der Waals surface area contributed by atoms with E-state index in [1.807, 2.05) is 37.4 Å². The number of aromatic nitrogens is 2. The molecule has 0 amide bonds. The summed E-state index contributed by atoms with van der Waals surface area (Å²) in [5.74, 6) is 2.24. The molecule has 1 atom stereocenters. The quantitative estimate of drug-likeness (QED) is 0.888. The maximum Gasteiger partial charge on any atom is 0.244 e. The molecular formula is C18H26N4O. The van der Waals surface area contributed by atoms with Gasteiger partial charge in [0.05, 0.1) is 6.04 Å². The Labute approximate surface area is 138 Å². The highest BCUT2D eigenvalue weighted by Gasteiger charge is 2.26. The van der Waals surface area contributed by atoms with Crippen LogP contribution in [0.1, 0.15) is 38.1 Å². The third-order valence-corrected chi connectivity index (χ3v) is 4.83. The Hall–Kier alpha value is -1.72. The summed E-state index contributed by atoms with van der Waals surface area (Å²) in [7, 11) is 2.02. The zero-order valence-corrected chi connectivity index (χ0v) is 14.0. The first-order valence-electron chi connectivity index (χ1n) is 8.55. The first-order chi connectivity index (χ1) is 11.3. The Morgan fingerprint density at radius 2 is 2.00 bits per heavy atom. The molecule has 2 heterocycles. The van der Waals surface area contributed by atoms with Crippen molar-refractivity contribution in [2.45, 2.75) is 32.2 Å². The van der Waals surface area contributed by atoms with Gasteiger partial charge in [0.2, 0.25) is 11.7 Å². The number of benzene rings is 1. The average Bonchev–Trinajstić information content (AvgIpc) is 3.11. The van der Waals surface area contributed by atoms with Crippen molar-refractivity contribution >= 4 is 0 Å². The Kier molecular flexibility index (Phi) is 5.41. The highest BCUT2D eigenvalue weighted by atomic mass is 16.5. The molecule has 0 aliphatic carbocycles. The van der Waals surface area contributed by atoms with Crippen molar-refractivity contribution in [3.8, 4) is 11.4 Å². The van der Waals surface area contributed by atoms with E-state index in [0.29, 0.717) is 5.82 Å². The predicted molar refractivity (Wildman–Crippen MR) is 91.0 cm³/mol. The van der Waals surface area contributed by atoms with E-state index in [0.717, 1.165) is 37.0 Å². The molecule has 2 aromatic rings. The fourth-order valence-corrected chi connectivity index (χ4v) is 3.24. The molecule has 5 nitrogen and oxygen atoms in total. The standard InChI is InChI=1S/C18H26N4O/c1-14(22-12-9-15(10-13-22)8-11-19-2)18-20-17(21-23-18)16-6-4-3-5-7-16/h3-7,14-15,19H,8-13H2,1-2H3. The normalized spacial score (nSPS) is 18.2. The van der Waals surface area contributed by atoms with Gasteiger partial charge in [-0.25, -0.2) is 0 Å². The van der Waals surface area contributed by atoms with Gasteiger partial charge >= 0.3 is 0 Å². The summed E-state index contributed by atoms with van der Waals surface area (Å²) in [4.78, 5) is 7.05. The van der Waals surface area contributed by atoms with Crippen LogP contribution in [0, 0.1) is 5.92 Å². The van der Waals surface area contributed by atoms with Gasteiger partial charge in [-0.15, -0.1) is 0 Å². The lowest BCUT2D eigenvalue weighted by atomic mass is 9.93. The van der Waals surface area contributed by atoms with E-state index in [2.05, 4.69) is 27.3 Å². The second-order valence-corrected chi connectivity index (χ2v) is 6.37. The summed E-state index contributed by atoms with van der Waals surface area (Å²) in [6, 6.07) is 10.2. The predicted octanol–water partition coefficient (Wildman–Crippen LogP) is 3.12. The lowest BCUT2D eigenvalue weighted by Gasteiger charge is -2.34. The van der Waals surface area contributed by atoms with E-state index in [-0.39, 0.29) is 6.04 Å². The Morgan fingerprint density at radius 3 is 2.70 bits per heavy atom. The second-order valence-electron chi connectivity index (χ2n) is 6.37. The molecule has 1 aliphatic rings. The Balaban J connectivity index is 1.59. The minimum absolute atomic E-state index is 0.185. The number of hydrogen-bond donors (Lipinski definition) is 1. The van der Waals surface area contributed by atoms with Gasteiger partial charge in [-0.2, -0.15) is 4.98 Å². The molecule has 0 spiro atoms. The van der Waals surface area contributed by atoms with Crippen molar-refractivity contribution in [3.63, 3.8) is 0 Å². The Bertz CT molecular complexity index is 590. The van der Waals surface area contributed by atoms with Crippen molar-refractivity contribution in [2.75, 3.05) is 26.7 Å². The summed E-state index contributed by atoms with van der Waals surface area (Å²) >= 11 is 0. The van der Waals surface area contributed by atoms with Crippen molar-refractivity contribution in [3.05, 3.63) is 36.2 Å². The maximum absolute atomic E-state index is 5.51. The smallest absolute Gasteiger partial charge is 0.244 e. The third kappa shape index (κ3) is 3.98. The molecule has 1 aromatic heterocycles. The first kappa shape index (κ1) is 16.1. The maximum atomic E-state index is 5.51. The van der Waals surface area contributed by atoms with E-state index < -0.39 is 0 Å². The van der Waals surface area contributed by atoms with Crippen LogP contribution < -0.4 is 5.32 Å². The Morgan fingerprint density at radius 1 is 1.26 bits per heavy atom. The number of nitrogens with one attached hydrogen (secondary N) is 1. The fourth-order valence-electron chi connectivity index (χ4n) is 3.24. The van der Waals surface area contributed by atoms with Gasteiger partial charge in [0, 0.05) is 5.56 Å². The molecule has 124 valence electrons. The summed E-state index contributed by atoms with van der Waals surface area (Å²) in [6.07, 6.45) is 3.79. The second kappa shape index (κ2) is 7.70. The molecule has 0 bridgehead atoms. The van der Waals surface area contributed by atoms with Crippen molar-refractivity contribution in [1.82, 2.24) is 20.4 Å². The third-order valence-electron chi connectivity index (χ3n) is 4.83. The average molecular weight is 314 g/mol. The van der Waals surface area contributed by atoms with Crippen molar-refractivity contribution in [1.29, 1.82) is 0 Å². The largest absolute Gasteiger partial charge is 0.337 e. The van der Waals surface area contributed by atoms with Gasteiger partial charge in [0.1, 0.15) is 0 Å². The van der Waals surface area contributed by atoms with Crippen molar-refractivity contribution < 1.29 is 4.52 Å². The minimum Gasteiger partial charge on any atom is -0.337 e. The van der Waals surface area contributed by atoms with E-state index in [1.54, 1.807) is 0 Å². The number of likely N-dealkylation sites (tertiary alicyclic amines) is 1. The van der Waals surface area contributed by atoms with Crippen LogP contribution in [0.5, 0.6) is 0 Å². The summed E-state index contributed by atoms with van der Waals surface area (Å²) < 4.78 is 5.51. The highest BCUT2D eigenvalue weighted by molar-refractivity contribution is 5.53. The van der Waals surface area contributed by atoms with E-state index in [9.17, 15) is 0 Å². The molecule has 1 fully saturated rings. The molecule has 0 radical (unpaired) electrons. The minimum atomic E-state index is 0.185. The fraction of sp³-hybridized carbons (Fsp3) is 0.556. The molecule has 0 saturated carbocycles. The van der Waals surface area contributed by atoms with Gasteiger partial charge < -0.3 is 9.84 Å². The van der Waals surface area contributed by atoms with E-state index in [4.69, 9.17) is 4.52 Å². The summed E-state index contributed by atoms with van der Waals surface area (Å²) in [6.45, 7) is 5.50. The van der Waals surface area contributed by atoms with Crippen LogP contribution in [0.25, 0.3) is 11.4 Å². The van der Waals surface area contributed by atoms with Gasteiger partial charge in [0.25, 0.3) is 0 Å². The van der Waals surface area contributed by atoms with Crippen LogP contribution in [-0.2, 0) is 0 Å². The first-order valence-corrected chi connectivity index (χ1v) is 8.55. The van der Waals surface area contributed by atoms with Gasteiger partial charge in [-0.1, -0.05) is 35.5 Å². The monoisotopic (exact) mass is 314 g/mol. The zero-order valence-electron chi connectivity index (χ0n) is 14.0. The highest BCUT2D eigenvalue weighted by Crippen LogP contribution is 2.28. The van der Waals surface area contributed by atoms with Gasteiger partial charge in [-0.3, -0.25) is 4.90 Å². The van der Waals surface area contributed by atoms with Crippen LogP contribution in [0.2, 0.25) is 0 Å². The topological polar surface area (TPSA) is 54.2 Å². The van der Waals surface area contributed by atoms with Crippen LogP contribution in [0.4, 0.5) is 0 Å².